The Morgan fingerprint density at radius 3 is 2.47 bits per heavy atom. The molecule has 0 saturated heterocycles. The molecule has 0 aliphatic rings. The molecule has 1 heterocycles. The van der Waals surface area contributed by atoms with E-state index in [1.807, 2.05) is 12.3 Å². The Kier molecular flexibility index (Phi) is 4.82. The molecule has 0 bridgehead atoms. The maximum Gasteiger partial charge on any atom is 0.0704 e. The number of aromatic nitrogens is 1. The van der Waals surface area contributed by atoms with Crippen molar-refractivity contribution in [3.63, 3.8) is 0 Å². The Morgan fingerprint density at radius 2 is 1.80 bits per heavy atom. The first-order valence-corrected chi connectivity index (χ1v) is 5.65. The first-order valence-electron chi connectivity index (χ1n) is 5.65. The van der Waals surface area contributed by atoms with Crippen LogP contribution in [0.2, 0.25) is 0 Å². The van der Waals surface area contributed by atoms with Crippen LogP contribution in [-0.4, -0.2) is 4.98 Å². The molecule has 0 radical (unpaired) electrons. The average Bonchev–Trinajstić information content (AvgIpc) is 2.29. The van der Waals surface area contributed by atoms with Gasteiger partial charge in [-0.2, -0.15) is 0 Å². The zero-order valence-corrected chi connectivity index (χ0v) is 9.83. The van der Waals surface area contributed by atoms with Crippen molar-refractivity contribution >= 4 is 10.9 Å². The third kappa shape index (κ3) is 3.35. The lowest BCUT2D eigenvalue weighted by molar-refractivity contribution is 1.09. The zero-order valence-electron chi connectivity index (χ0n) is 9.83. The number of benzene rings is 1. The fraction of sp³-hybridized carbons (Fsp3) is 0.357. The highest BCUT2D eigenvalue weighted by Crippen LogP contribution is 2.12. The summed E-state index contributed by atoms with van der Waals surface area (Å²) in [5, 5.41) is 1.22. The topological polar surface area (TPSA) is 12.9 Å². The van der Waals surface area contributed by atoms with Crippen LogP contribution in [0.3, 0.4) is 0 Å². The van der Waals surface area contributed by atoms with Crippen molar-refractivity contribution in [1.29, 1.82) is 0 Å². The van der Waals surface area contributed by atoms with Crippen molar-refractivity contribution in [3.8, 4) is 0 Å². The van der Waals surface area contributed by atoms with Gasteiger partial charge in [0, 0.05) is 11.6 Å². The second kappa shape index (κ2) is 6.18. The van der Waals surface area contributed by atoms with Gasteiger partial charge in [0.1, 0.15) is 0 Å². The van der Waals surface area contributed by atoms with Gasteiger partial charge in [0.2, 0.25) is 0 Å². The third-order valence-corrected chi connectivity index (χ3v) is 2.08. The summed E-state index contributed by atoms with van der Waals surface area (Å²) in [6.45, 7) is 6.41. The zero-order chi connectivity index (χ0) is 11.1. The summed E-state index contributed by atoms with van der Waals surface area (Å²) in [6.07, 6.45) is 4.16. The molecule has 0 atom stereocenters. The molecule has 1 heteroatoms. The molecule has 0 unspecified atom stereocenters. The molecular formula is C14H19N. The predicted molar refractivity (Wildman–Crippen MR) is 67.1 cm³/mol. The molecule has 0 spiro atoms. The summed E-state index contributed by atoms with van der Waals surface area (Å²) in [6, 6.07) is 10.5. The summed E-state index contributed by atoms with van der Waals surface area (Å²) >= 11 is 0. The standard InChI is InChI=1S/C11H11N.C3H8/c1-2-9-5-6-10-4-3-7-12-11(10)8-9;1-3-2/h3-8H,2H2,1H3;3H2,1-2H3. The van der Waals surface area contributed by atoms with Crippen molar-refractivity contribution in [2.75, 3.05) is 0 Å². The highest BCUT2D eigenvalue weighted by molar-refractivity contribution is 5.78. The van der Waals surface area contributed by atoms with Crippen LogP contribution in [0.1, 0.15) is 32.8 Å². The molecule has 80 valence electrons. The summed E-state index contributed by atoms with van der Waals surface area (Å²) in [5.41, 5.74) is 2.44. The van der Waals surface area contributed by atoms with E-state index in [1.165, 1.54) is 17.4 Å². The van der Waals surface area contributed by atoms with E-state index < -0.39 is 0 Å². The largest absolute Gasteiger partial charge is 0.256 e. The minimum absolute atomic E-state index is 1.08. The average molecular weight is 201 g/mol. The van der Waals surface area contributed by atoms with Crippen LogP contribution in [0.4, 0.5) is 0 Å². The Hall–Kier alpha value is -1.37. The molecule has 15 heavy (non-hydrogen) atoms. The number of nitrogens with zero attached hydrogens (tertiary/aromatic N) is 1. The summed E-state index contributed by atoms with van der Waals surface area (Å²) in [4.78, 5) is 4.29. The van der Waals surface area contributed by atoms with Crippen LogP contribution < -0.4 is 0 Å². The van der Waals surface area contributed by atoms with E-state index in [9.17, 15) is 0 Å². The minimum atomic E-state index is 1.08. The van der Waals surface area contributed by atoms with E-state index in [2.05, 4.69) is 50.0 Å². The van der Waals surface area contributed by atoms with Crippen LogP contribution in [0.25, 0.3) is 10.9 Å². The highest BCUT2D eigenvalue weighted by atomic mass is 14.6. The van der Waals surface area contributed by atoms with Crippen molar-refractivity contribution in [1.82, 2.24) is 4.98 Å². The minimum Gasteiger partial charge on any atom is -0.256 e. The summed E-state index contributed by atoms with van der Waals surface area (Å²) in [5.74, 6) is 0. The predicted octanol–water partition coefficient (Wildman–Crippen LogP) is 4.21. The molecule has 1 nitrogen and oxygen atoms in total. The number of hydrogen-bond acceptors (Lipinski definition) is 1. The van der Waals surface area contributed by atoms with Crippen molar-refractivity contribution in [2.45, 2.75) is 33.6 Å². The van der Waals surface area contributed by atoms with E-state index in [4.69, 9.17) is 0 Å². The van der Waals surface area contributed by atoms with E-state index >= 15 is 0 Å². The monoisotopic (exact) mass is 201 g/mol. The molecule has 0 aliphatic heterocycles. The van der Waals surface area contributed by atoms with Crippen LogP contribution >= 0.6 is 0 Å². The molecule has 0 amide bonds. The summed E-state index contributed by atoms with van der Waals surface area (Å²) < 4.78 is 0. The maximum absolute atomic E-state index is 4.29. The normalized spacial score (nSPS) is 9.53. The first-order chi connectivity index (χ1) is 7.31. The molecule has 0 saturated carbocycles. The second-order valence-corrected chi connectivity index (χ2v) is 3.59. The molecule has 0 fully saturated rings. The van der Waals surface area contributed by atoms with Gasteiger partial charge in [0.15, 0.2) is 0 Å². The lowest BCUT2D eigenvalue weighted by Crippen LogP contribution is -1.81. The highest BCUT2D eigenvalue weighted by Gasteiger charge is 1.93. The van der Waals surface area contributed by atoms with Gasteiger partial charge >= 0.3 is 0 Å². The molecule has 2 rings (SSSR count). The fourth-order valence-corrected chi connectivity index (χ4v) is 1.33. The lowest BCUT2D eigenvalue weighted by Gasteiger charge is -1.98. The van der Waals surface area contributed by atoms with Crippen LogP contribution in [-0.2, 0) is 6.42 Å². The Balaban J connectivity index is 0.000000337. The van der Waals surface area contributed by atoms with Gasteiger partial charge < -0.3 is 0 Å². The van der Waals surface area contributed by atoms with E-state index in [0.29, 0.717) is 0 Å². The van der Waals surface area contributed by atoms with Gasteiger partial charge in [-0.05, 0) is 24.1 Å². The maximum atomic E-state index is 4.29. The fourth-order valence-electron chi connectivity index (χ4n) is 1.33. The Morgan fingerprint density at radius 1 is 1.07 bits per heavy atom. The second-order valence-electron chi connectivity index (χ2n) is 3.59. The van der Waals surface area contributed by atoms with Gasteiger partial charge in [-0.3, -0.25) is 4.98 Å². The van der Waals surface area contributed by atoms with Crippen molar-refractivity contribution in [2.24, 2.45) is 0 Å². The van der Waals surface area contributed by atoms with Crippen LogP contribution in [0.15, 0.2) is 36.5 Å². The quantitative estimate of drug-likeness (QED) is 0.673. The van der Waals surface area contributed by atoms with E-state index in [1.54, 1.807) is 0 Å². The molecule has 1 aromatic heterocycles. The lowest BCUT2D eigenvalue weighted by atomic mass is 10.1. The first kappa shape index (κ1) is 11.7. The molecule has 2 aromatic rings. The van der Waals surface area contributed by atoms with Gasteiger partial charge in [-0.15, -0.1) is 0 Å². The number of rotatable bonds is 1. The SMILES string of the molecule is CCC.CCc1ccc2cccnc2c1. The number of hydrogen-bond donors (Lipinski definition) is 0. The number of aryl methyl sites for hydroxylation is 1. The smallest absolute Gasteiger partial charge is 0.0704 e. The number of pyridine rings is 1. The van der Waals surface area contributed by atoms with E-state index in [-0.39, 0.29) is 0 Å². The van der Waals surface area contributed by atoms with Crippen molar-refractivity contribution in [3.05, 3.63) is 42.1 Å². The van der Waals surface area contributed by atoms with E-state index in [0.717, 1.165) is 11.9 Å². The molecule has 0 aliphatic carbocycles. The van der Waals surface area contributed by atoms with Crippen LogP contribution in [0, 0.1) is 0 Å². The molecule has 1 aromatic carbocycles. The third-order valence-electron chi connectivity index (χ3n) is 2.08. The summed E-state index contributed by atoms with van der Waals surface area (Å²) in [7, 11) is 0. The van der Waals surface area contributed by atoms with Crippen molar-refractivity contribution < 1.29 is 0 Å². The van der Waals surface area contributed by atoms with Gasteiger partial charge in [-0.25, -0.2) is 0 Å². The van der Waals surface area contributed by atoms with Gasteiger partial charge in [0.25, 0.3) is 0 Å². The Labute approximate surface area is 92.2 Å². The van der Waals surface area contributed by atoms with Gasteiger partial charge in [0.05, 0.1) is 5.52 Å². The number of fused-ring (bicyclic) bond motifs is 1. The van der Waals surface area contributed by atoms with Crippen LogP contribution in [0.5, 0.6) is 0 Å². The Bertz CT molecular complexity index is 407. The molecular weight excluding hydrogens is 182 g/mol. The van der Waals surface area contributed by atoms with Gasteiger partial charge in [-0.1, -0.05) is 45.4 Å². The molecule has 0 N–H and O–H groups in total.